The Morgan fingerprint density at radius 2 is 1.60 bits per heavy atom. The van der Waals surface area contributed by atoms with Crippen molar-refractivity contribution in [3.63, 3.8) is 0 Å². The number of carbonyl (C=O) groups is 3. The third kappa shape index (κ3) is 5.92. The van der Waals surface area contributed by atoms with Crippen molar-refractivity contribution in [2.75, 3.05) is 45.8 Å². The zero-order valence-electron chi connectivity index (χ0n) is 23.6. The number of thioether (sulfide) groups is 1. The van der Waals surface area contributed by atoms with E-state index in [0.717, 1.165) is 10.5 Å². The number of rotatable bonds is 7. The van der Waals surface area contributed by atoms with Crippen LogP contribution in [-0.2, 0) is 14.3 Å². The summed E-state index contributed by atoms with van der Waals surface area (Å²) in [6, 6.07) is 18.0. The number of aryl methyl sites for hydroxylation is 1. The van der Waals surface area contributed by atoms with Gasteiger partial charge in [0.1, 0.15) is 16.2 Å². The highest BCUT2D eigenvalue weighted by Crippen LogP contribution is 2.54. The van der Waals surface area contributed by atoms with E-state index in [1.807, 2.05) is 19.1 Å². The Morgan fingerprint density at radius 3 is 2.19 bits per heavy atom. The minimum atomic E-state index is -1.36. The number of hydrogen-bond acceptors (Lipinski definition) is 7. The number of imide groups is 1. The lowest BCUT2D eigenvalue weighted by molar-refractivity contribution is -0.138. The number of likely N-dealkylation sites (tertiary alicyclic amines) is 1. The van der Waals surface area contributed by atoms with Gasteiger partial charge in [-0.2, -0.15) is 0 Å². The third-order valence-corrected chi connectivity index (χ3v) is 9.30. The van der Waals surface area contributed by atoms with Crippen molar-refractivity contribution >= 4 is 46.9 Å². The predicted molar refractivity (Wildman–Crippen MR) is 161 cm³/mol. The molecule has 5 rings (SSSR count). The van der Waals surface area contributed by atoms with Crippen molar-refractivity contribution in [1.82, 2.24) is 9.80 Å². The van der Waals surface area contributed by atoms with Gasteiger partial charge in [-0.1, -0.05) is 29.8 Å². The first-order valence-corrected chi connectivity index (χ1v) is 14.7. The van der Waals surface area contributed by atoms with Gasteiger partial charge >= 0.3 is 6.03 Å². The standard InChI is InChI=1S/C31H32ClN3O6S/c1-20-4-7-22(18-26(20)32)33-30(38)35-27(36)19-31(29(37)34-14-16-41-17-15-34,42-25-12-10-24(40-3)11-13-25)28(35)21-5-8-23(39-2)9-6-21/h4-13,18,28H,14-17,19H2,1-3H3,(H,33,38)/t28-,31-/m1/s1. The van der Waals surface area contributed by atoms with Crippen LogP contribution in [0.5, 0.6) is 11.5 Å². The molecule has 0 spiro atoms. The Kier molecular flexibility index (Phi) is 8.96. The van der Waals surface area contributed by atoms with E-state index in [1.165, 1.54) is 16.7 Å². The van der Waals surface area contributed by atoms with Gasteiger partial charge in [-0.05, 0) is 66.6 Å². The molecular weight excluding hydrogens is 578 g/mol. The molecule has 3 aromatic carbocycles. The molecule has 220 valence electrons. The summed E-state index contributed by atoms with van der Waals surface area (Å²) in [5.74, 6) is 0.588. The Hall–Kier alpha value is -3.73. The first kappa shape index (κ1) is 29.8. The summed E-state index contributed by atoms with van der Waals surface area (Å²) in [5.41, 5.74) is 1.92. The van der Waals surface area contributed by atoms with Crippen LogP contribution in [0.4, 0.5) is 10.5 Å². The molecule has 3 aromatic rings. The van der Waals surface area contributed by atoms with Crippen LogP contribution < -0.4 is 14.8 Å². The smallest absolute Gasteiger partial charge is 0.329 e. The van der Waals surface area contributed by atoms with Crippen molar-refractivity contribution in [3.05, 3.63) is 82.9 Å². The molecule has 9 nitrogen and oxygen atoms in total. The monoisotopic (exact) mass is 609 g/mol. The van der Waals surface area contributed by atoms with E-state index in [0.29, 0.717) is 54.1 Å². The van der Waals surface area contributed by atoms with Crippen molar-refractivity contribution in [3.8, 4) is 11.5 Å². The topological polar surface area (TPSA) is 97.4 Å². The summed E-state index contributed by atoms with van der Waals surface area (Å²) < 4.78 is 14.8. The lowest BCUT2D eigenvalue weighted by atomic mass is 9.90. The van der Waals surface area contributed by atoms with Gasteiger partial charge in [0.2, 0.25) is 11.8 Å². The van der Waals surface area contributed by atoms with Gasteiger partial charge in [0.25, 0.3) is 0 Å². The van der Waals surface area contributed by atoms with Gasteiger partial charge in [0.15, 0.2) is 0 Å². The molecule has 2 aliphatic rings. The summed E-state index contributed by atoms with van der Waals surface area (Å²) in [6.45, 7) is 3.44. The molecule has 0 saturated carbocycles. The number of halogens is 1. The highest BCUT2D eigenvalue weighted by molar-refractivity contribution is 8.01. The van der Waals surface area contributed by atoms with Gasteiger partial charge in [-0.3, -0.25) is 14.5 Å². The predicted octanol–water partition coefficient (Wildman–Crippen LogP) is 5.56. The average molecular weight is 610 g/mol. The first-order valence-electron chi connectivity index (χ1n) is 13.5. The van der Waals surface area contributed by atoms with E-state index in [-0.39, 0.29) is 12.3 Å². The number of anilines is 1. The molecule has 42 heavy (non-hydrogen) atoms. The fraction of sp³-hybridized carbons (Fsp3) is 0.323. The number of benzene rings is 3. The summed E-state index contributed by atoms with van der Waals surface area (Å²) in [7, 11) is 3.14. The van der Waals surface area contributed by atoms with Crippen LogP contribution in [0, 0.1) is 6.92 Å². The quantitative estimate of drug-likeness (QED) is 0.374. The number of carbonyl (C=O) groups excluding carboxylic acids is 3. The van der Waals surface area contributed by atoms with Gasteiger partial charge in [-0.25, -0.2) is 4.79 Å². The molecule has 2 fully saturated rings. The number of urea groups is 1. The highest BCUT2D eigenvalue weighted by Gasteiger charge is 2.61. The molecule has 2 aliphatic heterocycles. The molecule has 2 saturated heterocycles. The van der Waals surface area contributed by atoms with E-state index in [1.54, 1.807) is 73.7 Å². The molecule has 0 aliphatic carbocycles. The van der Waals surface area contributed by atoms with Gasteiger partial charge in [-0.15, -0.1) is 11.8 Å². The lowest BCUT2D eigenvalue weighted by Gasteiger charge is -2.40. The molecule has 11 heteroatoms. The zero-order chi connectivity index (χ0) is 29.9. The number of morpholine rings is 1. The number of amides is 4. The summed E-state index contributed by atoms with van der Waals surface area (Å²) >= 11 is 7.59. The number of ether oxygens (including phenoxy) is 3. The summed E-state index contributed by atoms with van der Waals surface area (Å²) in [5, 5.41) is 3.31. The van der Waals surface area contributed by atoms with E-state index in [9.17, 15) is 14.4 Å². The van der Waals surface area contributed by atoms with Crippen molar-refractivity contribution < 1.29 is 28.6 Å². The second kappa shape index (κ2) is 12.6. The van der Waals surface area contributed by atoms with Crippen LogP contribution in [-0.4, -0.2) is 72.9 Å². The maximum Gasteiger partial charge on any atom is 0.329 e. The van der Waals surface area contributed by atoms with Crippen LogP contribution in [0.2, 0.25) is 5.02 Å². The van der Waals surface area contributed by atoms with Crippen LogP contribution in [0.1, 0.15) is 23.6 Å². The summed E-state index contributed by atoms with van der Waals surface area (Å²) in [6.07, 6.45) is -0.182. The second-order valence-electron chi connectivity index (χ2n) is 10.1. The summed E-state index contributed by atoms with van der Waals surface area (Å²) in [4.78, 5) is 46.1. The molecule has 0 bridgehead atoms. The largest absolute Gasteiger partial charge is 0.497 e. The highest BCUT2D eigenvalue weighted by atomic mass is 35.5. The van der Waals surface area contributed by atoms with Crippen LogP contribution in [0.3, 0.4) is 0 Å². The molecule has 2 atom stereocenters. The minimum Gasteiger partial charge on any atom is -0.497 e. The van der Waals surface area contributed by atoms with Crippen molar-refractivity contribution in [1.29, 1.82) is 0 Å². The van der Waals surface area contributed by atoms with E-state index < -0.39 is 22.7 Å². The number of methoxy groups -OCH3 is 2. The number of hydrogen-bond donors (Lipinski definition) is 1. The second-order valence-corrected chi connectivity index (χ2v) is 11.9. The van der Waals surface area contributed by atoms with Gasteiger partial charge in [0.05, 0.1) is 39.9 Å². The van der Waals surface area contributed by atoms with Crippen LogP contribution >= 0.6 is 23.4 Å². The molecule has 0 unspecified atom stereocenters. The molecule has 0 radical (unpaired) electrons. The first-order chi connectivity index (χ1) is 20.3. The maximum atomic E-state index is 14.6. The SMILES string of the molecule is COc1ccc(S[C@]2(C(=O)N3CCOCC3)CC(=O)N(C(=O)Nc3ccc(C)c(Cl)c3)[C@@H]2c2ccc(OC)cc2)cc1. The number of nitrogens with zero attached hydrogens (tertiary/aromatic N) is 2. The normalized spacial score (nSPS) is 20.4. The Bertz CT molecular complexity index is 1460. The lowest BCUT2D eigenvalue weighted by Crippen LogP contribution is -2.53. The fourth-order valence-electron chi connectivity index (χ4n) is 5.26. The third-order valence-electron chi connectivity index (χ3n) is 7.48. The van der Waals surface area contributed by atoms with E-state index >= 15 is 0 Å². The van der Waals surface area contributed by atoms with Crippen molar-refractivity contribution in [2.45, 2.75) is 29.0 Å². The Balaban J connectivity index is 1.62. The van der Waals surface area contributed by atoms with E-state index in [2.05, 4.69) is 5.32 Å². The minimum absolute atomic E-state index is 0.182. The van der Waals surface area contributed by atoms with Gasteiger partial charge in [0, 0.05) is 28.7 Å². The maximum absolute atomic E-state index is 14.6. The molecule has 0 aromatic heterocycles. The average Bonchev–Trinajstić information content (AvgIpc) is 3.31. The van der Waals surface area contributed by atoms with E-state index in [4.69, 9.17) is 25.8 Å². The Morgan fingerprint density at radius 1 is 0.976 bits per heavy atom. The zero-order valence-corrected chi connectivity index (χ0v) is 25.2. The van der Waals surface area contributed by atoms with Crippen LogP contribution in [0.25, 0.3) is 0 Å². The molecular formula is C31H32ClN3O6S. The molecule has 1 N–H and O–H groups in total. The number of nitrogens with one attached hydrogen (secondary N) is 1. The molecule has 4 amide bonds. The van der Waals surface area contributed by atoms with Gasteiger partial charge < -0.3 is 24.4 Å². The Labute approximate surface area is 254 Å². The fourth-order valence-corrected chi connectivity index (χ4v) is 6.90. The van der Waals surface area contributed by atoms with Crippen molar-refractivity contribution in [2.24, 2.45) is 0 Å². The van der Waals surface area contributed by atoms with Crippen LogP contribution in [0.15, 0.2) is 71.6 Å². The molecule has 2 heterocycles.